The van der Waals surface area contributed by atoms with Gasteiger partial charge in [0.05, 0.1) is 15.9 Å². The van der Waals surface area contributed by atoms with Gasteiger partial charge in [-0.3, -0.25) is 0 Å². The first-order chi connectivity index (χ1) is 9.65. The topological polar surface area (TPSA) is 64.7 Å². The molecule has 0 saturated carbocycles. The highest BCUT2D eigenvalue weighted by Crippen LogP contribution is 2.34. The van der Waals surface area contributed by atoms with E-state index in [-0.39, 0.29) is 0 Å². The molecule has 3 aromatic rings. The Bertz CT molecular complexity index is 759. The van der Waals surface area contributed by atoms with Crippen molar-refractivity contribution in [3.8, 4) is 22.1 Å². The fourth-order valence-electron chi connectivity index (χ4n) is 1.72. The maximum Gasteiger partial charge on any atom is 0.141 e. The Balaban J connectivity index is 2.20. The van der Waals surface area contributed by atoms with Gasteiger partial charge in [-0.1, -0.05) is 6.07 Å². The summed E-state index contributed by atoms with van der Waals surface area (Å²) in [5.41, 5.74) is 8.87. The van der Waals surface area contributed by atoms with Gasteiger partial charge >= 0.3 is 0 Å². The molecule has 0 fully saturated rings. The summed E-state index contributed by atoms with van der Waals surface area (Å²) in [4.78, 5) is 13.3. The van der Waals surface area contributed by atoms with Gasteiger partial charge in [-0.05, 0) is 50.1 Å². The third-order valence-corrected chi connectivity index (χ3v) is 4.67. The summed E-state index contributed by atoms with van der Waals surface area (Å²) < 4.78 is 1.49. The molecule has 3 aromatic heterocycles. The number of halogens is 2. The summed E-state index contributed by atoms with van der Waals surface area (Å²) in [6.45, 7) is 0. The lowest BCUT2D eigenvalue weighted by molar-refractivity contribution is 1.21. The Kier molecular flexibility index (Phi) is 3.82. The molecule has 0 unspecified atom stereocenters. The average Bonchev–Trinajstić information content (AvgIpc) is 2.95. The average molecular weight is 412 g/mol. The second kappa shape index (κ2) is 5.59. The molecule has 0 aliphatic carbocycles. The van der Waals surface area contributed by atoms with Gasteiger partial charge in [0.1, 0.15) is 21.0 Å². The van der Waals surface area contributed by atoms with Crippen molar-refractivity contribution in [2.24, 2.45) is 0 Å². The molecule has 0 atom stereocenters. The first kappa shape index (κ1) is 13.7. The molecule has 0 aliphatic heterocycles. The van der Waals surface area contributed by atoms with Crippen molar-refractivity contribution < 1.29 is 0 Å². The lowest BCUT2D eigenvalue weighted by Crippen LogP contribution is -1.97. The molecule has 0 saturated heterocycles. The van der Waals surface area contributed by atoms with Gasteiger partial charge in [0.25, 0.3) is 0 Å². The Morgan fingerprint density at radius 1 is 1.10 bits per heavy atom. The van der Waals surface area contributed by atoms with Crippen LogP contribution in [0.2, 0.25) is 0 Å². The molecule has 0 aliphatic rings. The number of nitrogen functional groups attached to an aromatic ring is 1. The monoisotopic (exact) mass is 410 g/mol. The maximum absolute atomic E-state index is 6.05. The third-order valence-electron chi connectivity index (χ3n) is 2.59. The van der Waals surface area contributed by atoms with Crippen LogP contribution in [-0.4, -0.2) is 15.0 Å². The molecule has 0 radical (unpaired) electrons. The van der Waals surface area contributed by atoms with E-state index in [0.29, 0.717) is 11.4 Å². The largest absolute Gasteiger partial charge is 0.398 e. The molecule has 0 spiro atoms. The van der Waals surface area contributed by atoms with Crippen LogP contribution in [0.1, 0.15) is 0 Å². The molecular weight excluding hydrogens is 404 g/mol. The van der Waals surface area contributed by atoms with Crippen molar-refractivity contribution in [3.63, 3.8) is 0 Å². The van der Waals surface area contributed by atoms with Crippen molar-refractivity contribution in [2.45, 2.75) is 0 Å². The number of aromatic nitrogens is 3. The second-order valence-electron chi connectivity index (χ2n) is 3.94. The highest BCUT2D eigenvalue weighted by molar-refractivity contribution is 9.11. The van der Waals surface area contributed by atoms with Crippen molar-refractivity contribution in [2.75, 3.05) is 5.73 Å². The Morgan fingerprint density at radius 3 is 2.65 bits per heavy atom. The standard InChI is InChI=1S/C13H8Br2N4S/c14-10-3-1-2-8(18-10)12-11(15)7(16)6-9(19-12)13-17-4-5-20-13/h1-6H,(H2,16,19). The number of rotatable bonds is 2. The van der Waals surface area contributed by atoms with Gasteiger partial charge in [-0.2, -0.15) is 0 Å². The van der Waals surface area contributed by atoms with Gasteiger partial charge in [0.15, 0.2) is 0 Å². The summed E-state index contributed by atoms with van der Waals surface area (Å²) in [5.74, 6) is 0. The molecule has 7 heteroatoms. The minimum absolute atomic E-state index is 0.613. The number of hydrogen-bond donors (Lipinski definition) is 1. The first-order valence-electron chi connectivity index (χ1n) is 5.64. The van der Waals surface area contributed by atoms with Crippen molar-refractivity contribution >= 4 is 48.9 Å². The van der Waals surface area contributed by atoms with Gasteiger partial charge in [0.2, 0.25) is 0 Å². The molecule has 0 bridgehead atoms. The lowest BCUT2D eigenvalue weighted by atomic mass is 10.2. The summed E-state index contributed by atoms with van der Waals surface area (Å²) in [5, 5.41) is 2.74. The van der Waals surface area contributed by atoms with Crippen LogP contribution in [0.25, 0.3) is 22.1 Å². The number of nitrogens with two attached hydrogens (primary N) is 1. The van der Waals surface area contributed by atoms with Crippen molar-refractivity contribution in [1.82, 2.24) is 15.0 Å². The molecule has 2 N–H and O–H groups in total. The summed E-state index contributed by atoms with van der Waals surface area (Å²) in [6, 6.07) is 7.48. The van der Waals surface area contributed by atoms with E-state index in [2.05, 4.69) is 46.8 Å². The zero-order valence-electron chi connectivity index (χ0n) is 10.0. The predicted octanol–water partition coefficient (Wildman–Crippen LogP) is 4.37. The zero-order valence-corrected chi connectivity index (χ0v) is 14.0. The molecular formula is C13H8Br2N4S. The molecule has 0 aromatic carbocycles. The van der Waals surface area contributed by atoms with Crippen LogP contribution in [0.3, 0.4) is 0 Å². The highest BCUT2D eigenvalue weighted by atomic mass is 79.9. The predicted molar refractivity (Wildman–Crippen MR) is 88.4 cm³/mol. The van der Waals surface area contributed by atoms with E-state index in [1.807, 2.05) is 29.6 Å². The first-order valence-corrected chi connectivity index (χ1v) is 8.10. The highest BCUT2D eigenvalue weighted by Gasteiger charge is 2.14. The van der Waals surface area contributed by atoms with E-state index in [1.54, 1.807) is 6.20 Å². The van der Waals surface area contributed by atoms with Crippen molar-refractivity contribution in [3.05, 3.63) is 44.9 Å². The van der Waals surface area contributed by atoms with E-state index in [0.717, 1.165) is 25.5 Å². The van der Waals surface area contributed by atoms with E-state index < -0.39 is 0 Å². The second-order valence-corrected chi connectivity index (χ2v) is 6.44. The van der Waals surface area contributed by atoms with Crippen molar-refractivity contribution in [1.29, 1.82) is 0 Å². The molecule has 3 heterocycles. The molecule has 20 heavy (non-hydrogen) atoms. The Hall–Kier alpha value is -1.31. The molecule has 100 valence electrons. The zero-order chi connectivity index (χ0) is 14.1. The Morgan fingerprint density at radius 2 is 1.95 bits per heavy atom. The molecule has 4 nitrogen and oxygen atoms in total. The van der Waals surface area contributed by atoms with Crippen LogP contribution in [0, 0.1) is 0 Å². The van der Waals surface area contributed by atoms with Gasteiger partial charge < -0.3 is 5.73 Å². The minimum Gasteiger partial charge on any atom is -0.398 e. The van der Waals surface area contributed by atoms with Gasteiger partial charge in [0, 0.05) is 11.6 Å². The van der Waals surface area contributed by atoms with E-state index in [4.69, 9.17) is 5.73 Å². The van der Waals surface area contributed by atoms with Crippen LogP contribution >= 0.6 is 43.2 Å². The summed E-state index contributed by atoms with van der Waals surface area (Å²) in [7, 11) is 0. The SMILES string of the molecule is Nc1cc(-c2nccs2)nc(-c2cccc(Br)n2)c1Br. The third kappa shape index (κ3) is 2.61. The van der Waals surface area contributed by atoms with Crippen LogP contribution < -0.4 is 5.73 Å². The van der Waals surface area contributed by atoms with Crippen LogP contribution in [0.15, 0.2) is 44.9 Å². The maximum atomic E-state index is 6.05. The summed E-state index contributed by atoms with van der Waals surface area (Å²) in [6.07, 6.45) is 1.75. The number of pyridine rings is 2. The van der Waals surface area contributed by atoms with Crippen LogP contribution in [0.4, 0.5) is 5.69 Å². The Labute approximate surface area is 136 Å². The minimum atomic E-state index is 0.613. The number of nitrogens with zero attached hydrogens (tertiary/aromatic N) is 3. The molecule has 0 amide bonds. The fourth-order valence-corrected chi connectivity index (χ4v) is 3.07. The molecule has 3 rings (SSSR count). The number of anilines is 1. The van der Waals surface area contributed by atoms with E-state index in [1.165, 1.54) is 11.3 Å². The van der Waals surface area contributed by atoms with Crippen LogP contribution in [-0.2, 0) is 0 Å². The fraction of sp³-hybridized carbons (Fsp3) is 0. The van der Waals surface area contributed by atoms with E-state index >= 15 is 0 Å². The smallest absolute Gasteiger partial charge is 0.141 e. The van der Waals surface area contributed by atoms with Crippen LogP contribution in [0.5, 0.6) is 0 Å². The van der Waals surface area contributed by atoms with Gasteiger partial charge in [-0.15, -0.1) is 11.3 Å². The quantitative estimate of drug-likeness (QED) is 0.635. The summed E-state index contributed by atoms with van der Waals surface area (Å²) >= 11 is 8.37. The number of thiazole rings is 1. The lowest BCUT2D eigenvalue weighted by Gasteiger charge is -2.08. The van der Waals surface area contributed by atoms with E-state index in [9.17, 15) is 0 Å². The number of hydrogen-bond acceptors (Lipinski definition) is 5. The van der Waals surface area contributed by atoms with Gasteiger partial charge in [-0.25, -0.2) is 15.0 Å². The normalized spacial score (nSPS) is 10.7.